The van der Waals surface area contributed by atoms with Crippen LogP contribution in [-0.4, -0.2) is 32.9 Å². The molecule has 1 saturated carbocycles. The van der Waals surface area contributed by atoms with Crippen LogP contribution in [0.25, 0.3) is 0 Å². The van der Waals surface area contributed by atoms with Crippen molar-refractivity contribution in [1.82, 2.24) is 9.36 Å². The highest BCUT2D eigenvalue weighted by molar-refractivity contribution is 7.03. The predicted molar refractivity (Wildman–Crippen MR) is 102 cm³/mol. The Morgan fingerprint density at radius 2 is 1.89 bits per heavy atom. The SMILES string of the molecule is NC[C@H]1CC[C@H](C(=O)Oc2ccc(CCC(=O)O)cc2)CC1.c1ncsn1. The number of aliphatic carboxylic acids is 1. The highest BCUT2D eigenvalue weighted by atomic mass is 32.1. The molecule has 1 heterocycles. The molecule has 1 aliphatic carbocycles. The average Bonchev–Trinajstić information content (AvgIpc) is 3.27. The van der Waals surface area contributed by atoms with Gasteiger partial charge in [-0.05, 0) is 73.8 Å². The fourth-order valence-electron chi connectivity index (χ4n) is 2.94. The second-order valence-corrected chi connectivity index (χ2v) is 7.13. The van der Waals surface area contributed by atoms with E-state index in [1.54, 1.807) is 29.8 Å². The zero-order valence-corrected chi connectivity index (χ0v) is 15.9. The van der Waals surface area contributed by atoms with E-state index < -0.39 is 5.97 Å². The zero-order valence-electron chi connectivity index (χ0n) is 15.1. The van der Waals surface area contributed by atoms with Crippen molar-refractivity contribution in [3.05, 3.63) is 41.7 Å². The molecule has 0 spiro atoms. The number of hydrogen-bond donors (Lipinski definition) is 2. The normalized spacial score (nSPS) is 18.9. The number of nitrogens with two attached hydrogens (primary N) is 1. The molecule has 0 radical (unpaired) electrons. The van der Waals surface area contributed by atoms with Gasteiger partial charge >= 0.3 is 11.9 Å². The Hall–Kier alpha value is -2.32. The summed E-state index contributed by atoms with van der Waals surface area (Å²) in [6.45, 7) is 0.694. The highest BCUT2D eigenvalue weighted by Crippen LogP contribution is 2.29. The number of esters is 1. The summed E-state index contributed by atoms with van der Waals surface area (Å²) in [5.41, 5.74) is 8.26. The van der Waals surface area contributed by atoms with Gasteiger partial charge in [-0.1, -0.05) is 12.1 Å². The maximum absolute atomic E-state index is 12.1. The summed E-state index contributed by atoms with van der Waals surface area (Å²) in [7, 11) is 0. The van der Waals surface area contributed by atoms with E-state index in [2.05, 4.69) is 9.36 Å². The lowest BCUT2D eigenvalue weighted by Crippen LogP contribution is -2.28. The quantitative estimate of drug-likeness (QED) is 0.574. The van der Waals surface area contributed by atoms with E-state index in [0.29, 0.717) is 24.6 Å². The van der Waals surface area contributed by atoms with Crippen LogP contribution in [0.2, 0.25) is 0 Å². The Bertz CT molecular complexity index is 666. The first kappa shape index (κ1) is 21.0. The van der Waals surface area contributed by atoms with Crippen LogP contribution in [-0.2, 0) is 16.0 Å². The summed E-state index contributed by atoms with van der Waals surface area (Å²) >= 11 is 1.35. The van der Waals surface area contributed by atoms with Gasteiger partial charge in [0.05, 0.1) is 5.92 Å². The Balaban J connectivity index is 0.000000451. The number of aryl methyl sites for hydroxylation is 1. The number of rotatable bonds is 6. The first-order valence-corrected chi connectivity index (χ1v) is 9.84. The van der Waals surface area contributed by atoms with E-state index in [1.165, 1.54) is 17.9 Å². The molecule has 0 bridgehead atoms. The van der Waals surface area contributed by atoms with E-state index in [0.717, 1.165) is 31.2 Å². The van der Waals surface area contributed by atoms with E-state index in [4.69, 9.17) is 15.6 Å². The van der Waals surface area contributed by atoms with Gasteiger partial charge in [0, 0.05) is 6.42 Å². The molecule has 0 atom stereocenters. The Labute approximate surface area is 162 Å². The molecule has 8 heteroatoms. The van der Waals surface area contributed by atoms with Crippen LogP contribution in [0.5, 0.6) is 5.75 Å². The van der Waals surface area contributed by atoms with Crippen molar-refractivity contribution in [1.29, 1.82) is 0 Å². The smallest absolute Gasteiger partial charge is 0.314 e. The zero-order chi connectivity index (χ0) is 19.5. The number of carbonyl (C=O) groups is 2. The maximum Gasteiger partial charge on any atom is 0.314 e. The Morgan fingerprint density at radius 1 is 1.19 bits per heavy atom. The molecular weight excluding hydrogens is 366 g/mol. The third-order valence-electron chi connectivity index (χ3n) is 4.57. The molecule has 3 N–H and O–H groups in total. The number of hydrogen-bond acceptors (Lipinski definition) is 7. The molecule has 0 unspecified atom stereocenters. The van der Waals surface area contributed by atoms with Crippen LogP contribution in [0.1, 0.15) is 37.7 Å². The molecule has 2 aromatic rings. The topological polar surface area (TPSA) is 115 Å². The summed E-state index contributed by atoms with van der Waals surface area (Å²) in [4.78, 5) is 26.3. The molecule has 0 amide bonds. The third-order valence-corrected chi connectivity index (χ3v) is 5.00. The van der Waals surface area contributed by atoms with E-state index in [9.17, 15) is 9.59 Å². The standard InChI is InChI=1S/C17H23NO4.C2H2N2S/c18-11-13-1-6-14(7-2-13)17(21)22-15-8-3-12(4-9-15)5-10-16(19)20;1-3-2-5-4-1/h3-4,8-9,13-14H,1-2,5-7,10-11,18H2,(H,19,20);1-2H/t13-,14-;. The van der Waals surface area contributed by atoms with E-state index >= 15 is 0 Å². The minimum absolute atomic E-state index is 0.0329. The molecular formula is C19H25N3O4S. The van der Waals surface area contributed by atoms with Crippen molar-refractivity contribution >= 4 is 23.5 Å². The van der Waals surface area contributed by atoms with Gasteiger partial charge in [0.2, 0.25) is 0 Å². The number of nitrogens with zero attached hydrogens (tertiary/aromatic N) is 2. The first-order valence-electron chi connectivity index (χ1n) is 9.00. The third kappa shape index (κ3) is 7.84. The van der Waals surface area contributed by atoms with Crippen molar-refractivity contribution in [2.45, 2.75) is 38.5 Å². The van der Waals surface area contributed by atoms with Crippen LogP contribution in [0.4, 0.5) is 0 Å². The van der Waals surface area contributed by atoms with Gasteiger partial charge in [0.15, 0.2) is 0 Å². The van der Waals surface area contributed by atoms with Gasteiger partial charge < -0.3 is 15.6 Å². The number of ether oxygens (including phenoxy) is 1. The molecule has 27 heavy (non-hydrogen) atoms. The van der Waals surface area contributed by atoms with Crippen LogP contribution in [0.15, 0.2) is 36.1 Å². The summed E-state index contributed by atoms with van der Waals surface area (Å²) in [5, 5.41) is 8.65. The fraction of sp³-hybridized carbons (Fsp3) is 0.474. The molecule has 1 fully saturated rings. The van der Waals surface area contributed by atoms with Crippen molar-refractivity contribution in [2.75, 3.05) is 6.54 Å². The molecule has 1 aromatic heterocycles. The largest absolute Gasteiger partial charge is 0.481 e. The lowest BCUT2D eigenvalue weighted by atomic mass is 9.82. The van der Waals surface area contributed by atoms with Gasteiger partial charge in [0.25, 0.3) is 0 Å². The summed E-state index contributed by atoms with van der Waals surface area (Å²) < 4.78 is 9.07. The monoisotopic (exact) mass is 391 g/mol. The number of aromatic nitrogens is 2. The lowest BCUT2D eigenvalue weighted by molar-refractivity contribution is -0.140. The highest BCUT2D eigenvalue weighted by Gasteiger charge is 2.27. The number of carbonyl (C=O) groups excluding carboxylic acids is 1. The predicted octanol–water partition coefficient (Wildman–Crippen LogP) is 2.91. The molecule has 7 nitrogen and oxygen atoms in total. The van der Waals surface area contributed by atoms with Crippen LogP contribution in [0.3, 0.4) is 0 Å². The minimum atomic E-state index is -0.816. The van der Waals surface area contributed by atoms with Crippen LogP contribution < -0.4 is 10.5 Å². The van der Waals surface area contributed by atoms with Gasteiger partial charge in [0.1, 0.15) is 17.6 Å². The lowest BCUT2D eigenvalue weighted by Gasteiger charge is -2.26. The van der Waals surface area contributed by atoms with Gasteiger partial charge in [-0.3, -0.25) is 9.59 Å². The number of carboxylic acids is 1. The van der Waals surface area contributed by atoms with Crippen molar-refractivity contribution in [3.8, 4) is 5.75 Å². The van der Waals surface area contributed by atoms with E-state index in [-0.39, 0.29) is 18.3 Å². The van der Waals surface area contributed by atoms with E-state index in [1.807, 2.05) is 0 Å². The van der Waals surface area contributed by atoms with Crippen molar-refractivity contribution in [2.24, 2.45) is 17.6 Å². The summed E-state index contributed by atoms with van der Waals surface area (Å²) in [5.74, 6) is 0.0365. The summed E-state index contributed by atoms with van der Waals surface area (Å²) in [6.07, 6.45) is 5.77. The average molecular weight is 391 g/mol. The Kier molecular flexibility index (Phi) is 8.86. The minimum Gasteiger partial charge on any atom is -0.481 e. The molecule has 0 saturated heterocycles. The second-order valence-electron chi connectivity index (χ2n) is 6.49. The molecule has 1 aliphatic rings. The van der Waals surface area contributed by atoms with Crippen LogP contribution in [0, 0.1) is 11.8 Å². The fourth-order valence-corrected chi connectivity index (χ4v) is 3.22. The van der Waals surface area contributed by atoms with Crippen LogP contribution >= 0.6 is 11.5 Å². The van der Waals surface area contributed by atoms with Gasteiger partial charge in [-0.15, -0.1) is 0 Å². The van der Waals surface area contributed by atoms with Gasteiger partial charge in [-0.25, -0.2) is 4.98 Å². The maximum atomic E-state index is 12.1. The first-order chi connectivity index (χ1) is 13.1. The van der Waals surface area contributed by atoms with Gasteiger partial charge in [-0.2, -0.15) is 4.37 Å². The second kappa shape index (κ2) is 11.4. The number of benzene rings is 1. The molecule has 146 valence electrons. The molecule has 0 aliphatic heterocycles. The molecule has 3 rings (SSSR count). The number of carboxylic acid groups (broad SMARTS) is 1. The van der Waals surface area contributed by atoms with Crippen molar-refractivity contribution < 1.29 is 19.4 Å². The molecule has 1 aromatic carbocycles. The van der Waals surface area contributed by atoms with Crippen molar-refractivity contribution in [3.63, 3.8) is 0 Å². The summed E-state index contributed by atoms with van der Waals surface area (Å²) in [6, 6.07) is 7.05. The Morgan fingerprint density at radius 3 is 2.37 bits per heavy atom.